The summed E-state index contributed by atoms with van der Waals surface area (Å²) < 4.78 is 5.22. The lowest BCUT2D eigenvalue weighted by atomic mass is 9.79. The summed E-state index contributed by atoms with van der Waals surface area (Å²) in [7, 11) is 0. The van der Waals surface area contributed by atoms with Crippen LogP contribution >= 0.6 is 0 Å². The number of hydrogen-bond donors (Lipinski definition) is 0. The average molecular weight is 208 g/mol. The average Bonchev–Trinajstić information content (AvgIpc) is 2.20. The normalized spacial score (nSPS) is 24.6. The molecule has 0 N–H and O–H groups in total. The van der Waals surface area contributed by atoms with Crippen LogP contribution in [0.4, 0.5) is 0 Å². The largest absolute Gasteiger partial charge is 0.497 e. The molecule has 0 bridgehead atoms. The molecule has 84 valence electrons. The second-order valence-electron chi connectivity index (χ2n) is 4.44. The van der Waals surface area contributed by atoms with E-state index in [-0.39, 0.29) is 5.78 Å². The predicted molar refractivity (Wildman–Crippen MR) is 61.4 cm³/mol. The van der Waals surface area contributed by atoms with Crippen LogP contribution in [-0.4, -0.2) is 12.4 Å². The van der Waals surface area contributed by atoms with Crippen molar-refractivity contribution in [2.45, 2.75) is 33.1 Å². The summed E-state index contributed by atoms with van der Waals surface area (Å²) in [5, 5.41) is 0. The summed E-state index contributed by atoms with van der Waals surface area (Å²) in [6.07, 6.45) is 5.87. The van der Waals surface area contributed by atoms with Crippen LogP contribution in [0, 0.1) is 11.8 Å². The van der Waals surface area contributed by atoms with Crippen molar-refractivity contribution < 1.29 is 9.53 Å². The van der Waals surface area contributed by atoms with Crippen molar-refractivity contribution >= 4 is 5.78 Å². The molecule has 0 aromatic rings. The van der Waals surface area contributed by atoms with Gasteiger partial charge in [-0.25, -0.2) is 0 Å². The molecule has 1 saturated carbocycles. The summed E-state index contributed by atoms with van der Waals surface area (Å²) in [5.74, 6) is 1.51. The highest BCUT2D eigenvalue weighted by molar-refractivity contribution is 5.95. The fourth-order valence-electron chi connectivity index (χ4n) is 1.88. The van der Waals surface area contributed by atoms with Gasteiger partial charge < -0.3 is 4.74 Å². The SMILES string of the molecule is C=CCO/C=C1/CC(C(C)C)CCC1=O. The van der Waals surface area contributed by atoms with Gasteiger partial charge in [0, 0.05) is 12.0 Å². The molecular weight excluding hydrogens is 188 g/mol. The zero-order chi connectivity index (χ0) is 11.3. The maximum Gasteiger partial charge on any atom is 0.161 e. The van der Waals surface area contributed by atoms with E-state index in [1.165, 1.54) is 0 Å². The first-order valence-corrected chi connectivity index (χ1v) is 5.60. The van der Waals surface area contributed by atoms with Gasteiger partial charge in [0.1, 0.15) is 6.61 Å². The minimum Gasteiger partial charge on any atom is -0.497 e. The molecule has 15 heavy (non-hydrogen) atoms. The molecule has 0 aromatic heterocycles. The molecule has 1 fully saturated rings. The number of carbonyl (C=O) groups excluding carboxylic acids is 1. The van der Waals surface area contributed by atoms with Gasteiger partial charge in [-0.1, -0.05) is 26.5 Å². The van der Waals surface area contributed by atoms with Crippen molar-refractivity contribution in [1.29, 1.82) is 0 Å². The van der Waals surface area contributed by atoms with Crippen LogP contribution in [0.2, 0.25) is 0 Å². The van der Waals surface area contributed by atoms with Gasteiger partial charge in [0.2, 0.25) is 0 Å². The molecule has 0 saturated heterocycles. The van der Waals surface area contributed by atoms with Crippen molar-refractivity contribution in [3.05, 3.63) is 24.5 Å². The second kappa shape index (κ2) is 5.74. The first-order valence-electron chi connectivity index (χ1n) is 5.60. The van der Waals surface area contributed by atoms with Gasteiger partial charge in [0.05, 0.1) is 6.26 Å². The molecule has 1 aliphatic carbocycles. The number of rotatable bonds is 4. The molecule has 0 spiro atoms. The van der Waals surface area contributed by atoms with E-state index in [9.17, 15) is 4.79 Å². The zero-order valence-electron chi connectivity index (χ0n) is 9.66. The van der Waals surface area contributed by atoms with E-state index < -0.39 is 0 Å². The smallest absolute Gasteiger partial charge is 0.161 e. The Morgan fingerprint density at radius 1 is 1.60 bits per heavy atom. The summed E-state index contributed by atoms with van der Waals surface area (Å²) in [4.78, 5) is 11.6. The van der Waals surface area contributed by atoms with Crippen LogP contribution in [0.1, 0.15) is 33.1 Å². The standard InChI is InChI=1S/C13H20O2/c1-4-7-15-9-12-8-11(10(2)3)5-6-13(12)14/h4,9-11H,1,5-8H2,2-3H3/b12-9-. The van der Waals surface area contributed by atoms with E-state index in [0.717, 1.165) is 18.4 Å². The van der Waals surface area contributed by atoms with Crippen molar-refractivity contribution in [3.8, 4) is 0 Å². The lowest BCUT2D eigenvalue weighted by Gasteiger charge is -2.26. The minimum absolute atomic E-state index is 0.246. The van der Waals surface area contributed by atoms with E-state index in [2.05, 4.69) is 20.4 Å². The van der Waals surface area contributed by atoms with E-state index in [1.54, 1.807) is 12.3 Å². The maximum absolute atomic E-state index is 11.6. The van der Waals surface area contributed by atoms with Gasteiger partial charge in [-0.15, -0.1) is 0 Å². The summed E-state index contributed by atoms with van der Waals surface area (Å²) in [5.41, 5.74) is 0.849. The molecular formula is C13H20O2. The van der Waals surface area contributed by atoms with Crippen LogP contribution in [-0.2, 0) is 9.53 Å². The van der Waals surface area contributed by atoms with Crippen molar-refractivity contribution in [2.75, 3.05) is 6.61 Å². The van der Waals surface area contributed by atoms with E-state index >= 15 is 0 Å². The zero-order valence-corrected chi connectivity index (χ0v) is 9.66. The first kappa shape index (κ1) is 12.0. The maximum atomic E-state index is 11.6. The number of carbonyl (C=O) groups is 1. The van der Waals surface area contributed by atoms with Crippen LogP contribution in [0.3, 0.4) is 0 Å². The number of hydrogen-bond acceptors (Lipinski definition) is 2. The third-order valence-corrected chi connectivity index (χ3v) is 2.96. The number of allylic oxidation sites excluding steroid dienone is 1. The number of Topliss-reactive ketones (excluding diaryl/α,β-unsaturated/α-hetero) is 1. The first-order chi connectivity index (χ1) is 7.15. The highest BCUT2D eigenvalue weighted by Crippen LogP contribution is 2.31. The molecule has 0 amide bonds. The quantitative estimate of drug-likeness (QED) is 0.307. The Hall–Kier alpha value is -1.05. The van der Waals surface area contributed by atoms with Crippen molar-refractivity contribution in [3.63, 3.8) is 0 Å². The summed E-state index contributed by atoms with van der Waals surface area (Å²) >= 11 is 0. The van der Waals surface area contributed by atoms with Crippen LogP contribution < -0.4 is 0 Å². The lowest BCUT2D eigenvalue weighted by Crippen LogP contribution is -2.21. The van der Waals surface area contributed by atoms with Gasteiger partial charge in [-0.3, -0.25) is 4.79 Å². The Balaban J connectivity index is 2.56. The fraction of sp³-hybridized carbons (Fsp3) is 0.615. The van der Waals surface area contributed by atoms with Gasteiger partial charge in [0.15, 0.2) is 5.78 Å². The Morgan fingerprint density at radius 2 is 2.33 bits per heavy atom. The predicted octanol–water partition coefficient (Wildman–Crippen LogP) is 3.10. The Labute approximate surface area is 92.0 Å². The molecule has 0 radical (unpaired) electrons. The topological polar surface area (TPSA) is 26.3 Å². The van der Waals surface area contributed by atoms with Crippen LogP contribution in [0.15, 0.2) is 24.5 Å². The molecule has 1 unspecified atom stereocenters. The molecule has 1 rings (SSSR count). The molecule has 0 heterocycles. The van der Waals surface area contributed by atoms with Crippen LogP contribution in [0.5, 0.6) is 0 Å². The van der Waals surface area contributed by atoms with Crippen molar-refractivity contribution in [2.24, 2.45) is 11.8 Å². The van der Waals surface area contributed by atoms with E-state index in [1.807, 2.05) is 0 Å². The monoisotopic (exact) mass is 208 g/mol. The minimum atomic E-state index is 0.246. The number of ketones is 1. The van der Waals surface area contributed by atoms with Gasteiger partial charge in [0.25, 0.3) is 0 Å². The molecule has 0 aliphatic heterocycles. The van der Waals surface area contributed by atoms with Gasteiger partial charge >= 0.3 is 0 Å². The van der Waals surface area contributed by atoms with Gasteiger partial charge in [-0.05, 0) is 24.7 Å². The molecule has 2 nitrogen and oxygen atoms in total. The summed E-state index contributed by atoms with van der Waals surface area (Å²) in [6.45, 7) is 8.46. The highest BCUT2D eigenvalue weighted by Gasteiger charge is 2.25. The Kier molecular flexibility index (Phi) is 4.60. The van der Waals surface area contributed by atoms with E-state index in [0.29, 0.717) is 24.9 Å². The Bertz CT molecular complexity index is 264. The van der Waals surface area contributed by atoms with Crippen molar-refractivity contribution in [1.82, 2.24) is 0 Å². The third-order valence-electron chi connectivity index (χ3n) is 2.96. The highest BCUT2D eigenvalue weighted by atomic mass is 16.5. The van der Waals surface area contributed by atoms with E-state index in [4.69, 9.17) is 4.74 Å². The fourth-order valence-corrected chi connectivity index (χ4v) is 1.88. The molecule has 0 aromatic carbocycles. The number of ether oxygens (including phenoxy) is 1. The second-order valence-corrected chi connectivity index (χ2v) is 4.44. The summed E-state index contributed by atoms with van der Waals surface area (Å²) in [6, 6.07) is 0. The molecule has 1 atom stereocenters. The van der Waals surface area contributed by atoms with Crippen LogP contribution in [0.25, 0.3) is 0 Å². The molecule has 2 heteroatoms. The van der Waals surface area contributed by atoms with Gasteiger partial charge in [-0.2, -0.15) is 0 Å². The molecule has 1 aliphatic rings. The third kappa shape index (κ3) is 3.54. The Morgan fingerprint density at radius 3 is 2.93 bits per heavy atom. The lowest BCUT2D eigenvalue weighted by molar-refractivity contribution is -0.117.